The number of hydrogen-bond donors (Lipinski definition) is 2. The summed E-state index contributed by atoms with van der Waals surface area (Å²) >= 11 is 0. The van der Waals surface area contributed by atoms with Gasteiger partial charge >= 0.3 is 0 Å². The number of aryl methyl sites for hydroxylation is 2. The Balaban J connectivity index is 2.19. The van der Waals surface area contributed by atoms with E-state index in [0.717, 1.165) is 19.3 Å². The molecule has 1 unspecified atom stereocenters. The van der Waals surface area contributed by atoms with E-state index >= 15 is 0 Å². The molecule has 2 aromatic rings. The van der Waals surface area contributed by atoms with Crippen molar-refractivity contribution >= 4 is 0 Å². The van der Waals surface area contributed by atoms with Crippen molar-refractivity contribution in [3.63, 3.8) is 0 Å². The molecule has 0 saturated carbocycles. The van der Waals surface area contributed by atoms with Crippen LogP contribution >= 0.6 is 0 Å². The highest BCUT2D eigenvalue weighted by Gasteiger charge is 2.13. The van der Waals surface area contributed by atoms with Gasteiger partial charge in [-0.2, -0.15) is 0 Å². The Morgan fingerprint density at radius 1 is 1.05 bits per heavy atom. The second-order valence-electron chi connectivity index (χ2n) is 5.02. The van der Waals surface area contributed by atoms with E-state index in [1.54, 1.807) is 0 Å². The van der Waals surface area contributed by atoms with Crippen molar-refractivity contribution in [3.8, 4) is 0 Å². The number of hydrogen-bond acceptors (Lipinski definition) is 3. The summed E-state index contributed by atoms with van der Waals surface area (Å²) in [4.78, 5) is 4.19. The van der Waals surface area contributed by atoms with E-state index in [0.29, 0.717) is 0 Å². The normalized spacial score (nSPS) is 12.3. The SMILES string of the molecule is CCc1ccc(CC(NN)c2ccncc2CC)cc1. The molecule has 0 fully saturated rings. The van der Waals surface area contributed by atoms with Crippen molar-refractivity contribution in [2.45, 2.75) is 39.2 Å². The third-order valence-electron chi connectivity index (χ3n) is 3.77. The molecule has 0 amide bonds. The lowest BCUT2D eigenvalue weighted by Gasteiger charge is -2.19. The van der Waals surface area contributed by atoms with Crippen LogP contribution in [0.3, 0.4) is 0 Å². The Kier molecular flexibility index (Phi) is 5.27. The van der Waals surface area contributed by atoms with Gasteiger partial charge in [-0.3, -0.25) is 16.3 Å². The topological polar surface area (TPSA) is 50.9 Å². The molecule has 3 heteroatoms. The molecule has 0 spiro atoms. The zero-order valence-electron chi connectivity index (χ0n) is 12.3. The Hall–Kier alpha value is -1.71. The van der Waals surface area contributed by atoms with E-state index in [1.165, 1.54) is 22.3 Å². The summed E-state index contributed by atoms with van der Waals surface area (Å²) in [6.45, 7) is 4.31. The van der Waals surface area contributed by atoms with Crippen LogP contribution in [-0.4, -0.2) is 4.98 Å². The minimum Gasteiger partial charge on any atom is -0.271 e. The largest absolute Gasteiger partial charge is 0.271 e. The number of nitrogens with one attached hydrogen (secondary N) is 1. The molecule has 1 aromatic heterocycles. The fraction of sp³-hybridized carbons (Fsp3) is 0.353. The van der Waals surface area contributed by atoms with Crippen LogP contribution in [0.25, 0.3) is 0 Å². The fourth-order valence-electron chi connectivity index (χ4n) is 2.48. The molecule has 0 bridgehead atoms. The Morgan fingerprint density at radius 3 is 2.35 bits per heavy atom. The van der Waals surface area contributed by atoms with Crippen molar-refractivity contribution in [1.29, 1.82) is 0 Å². The summed E-state index contributed by atoms with van der Waals surface area (Å²) in [6.07, 6.45) is 6.69. The summed E-state index contributed by atoms with van der Waals surface area (Å²) in [5, 5.41) is 0. The number of aromatic nitrogens is 1. The first-order valence-electron chi connectivity index (χ1n) is 7.25. The lowest BCUT2D eigenvalue weighted by Crippen LogP contribution is -2.30. The monoisotopic (exact) mass is 269 g/mol. The molecule has 3 N–H and O–H groups in total. The van der Waals surface area contributed by atoms with Gasteiger partial charge in [-0.1, -0.05) is 38.1 Å². The number of rotatable bonds is 6. The maximum Gasteiger partial charge on any atom is 0.0504 e. The number of nitrogens with zero attached hydrogens (tertiary/aromatic N) is 1. The van der Waals surface area contributed by atoms with Gasteiger partial charge in [-0.15, -0.1) is 0 Å². The van der Waals surface area contributed by atoms with Crippen molar-refractivity contribution in [2.75, 3.05) is 0 Å². The quantitative estimate of drug-likeness (QED) is 0.626. The smallest absolute Gasteiger partial charge is 0.0504 e. The molecule has 0 aliphatic rings. The summed E-state index contributed by atoms with van der Waals surface area (Å²) in [5.41, 5.74) is 8.09. The van der Waals surface area contributed by atoms with E-state index in [9.17, 15) is 0 Å². The van der Waals surface area contributed by atoms with Crippen LogP contribution in [0.15, 0.2) is 42.7 Å². The van der Waals surface area contributed by atoms with Crippen LogP contribution in [-0.2, 0) is 19.3 Å². The number of pyridine rings is 1. The van der Waals surface area contributed by atoms with Gasteiger partial charge in [0.1, 0.15) is 0 Å². The molecule has 0 saturated heterocycles. The number of hydrazine groups is 1. The third-order valence-corrected chi connectivity index (χ3v) is 3.77. The van der Waals surface area contributed by atoms with Crippen LogP contribution in [0, 0.1) is 0 Å². The second kappa shape index (κ2) is 7.17. The molecule has 2 rings (SSSR count). The molecule has 20 heavy (non-hydrogen) atoms. The lowest BCUT2D eigenvalue weighted by atomic mass is 9.95. The van der Waals surface area contributed by atoms with Crippen LogP contribution in [0.1, 0.15) is 42.1 Å². The third kappa shape index (κ3) is 3.44. The highest BCUT2D eigenvalue weighted by atomic mass is 15.2. The molecule has 106 valence electrons. The second-order valence-corrected chi connectivity index (χ2v) is 5.02. The predicted octanol–water partition coefficient (Wildman–Crippen LogP) is 2.95. The Labute approximate surface area is 121 Å². The van der Waals surface area contributed by atoms with Crippen LogP contribution < -0.4 is 11.3 Å². The van der Waals surface area contributed by atoms with E-state index in [-0.39, 0.29) is 6.04 Å². The van der Waals surface area contributed by atoms with Crippen molar-refractivity contribution in [3.05, 3.63) is 65.0 Å². The van der Waals surface area contributed by atoms with Gasteiger partial charge in [0, 0.05) is 12.4 Å². The zero-order chi connectivity index (χ0) is 14.4. The summed E-state index contributed by atoms with van der Waals surface area (Å²) in [7, 11) is 0. The van der Waals surface area contributed by atoms with Crippen LogP contribution in [0.5, 0.6) is 0 Å². The summed E-state index contributed by atoms with van der Waals surface area (Å²) in [5.74, 6) is 5.76. The van der Waals surface area contributed by atoms with Crippen LogP contribution in [0.4, 0.5) is 0 Å². The molecule has 1 heterocycles. The average Bonchev–Trinajstić information content (AvgIpc) is 2.53. The van der Waals surface area contributed by atoms with Gasteiger partial charge in [0.25, 0.3) is 0 Å². The van der Waals surface area contributed by atoms with Gasteiger partial charge in [0.2, 0.25) is 0 Å². The molecule has 1 atom stereocenters. The first kappa shape index (κ1) is 14.7. The maximum absolute atomic E-state index is 5.76. The minimum atomic E-state index is 0.125. The molecule has 1 aromatic carbocycles. The lowest BCUT2D eigenvalue weighted by molar-refractivity contribution is 0.547. The maximum atomic E-state index is 5.76. The average molecular weight is 269 g/mol. The number of nitrogens with two attached hydrogens (primary N) is 1. The van der Waals surface area contributed by atoms with Crippen LogP contribution in [0.2, 0.25) is 0 Å². The van der Waals surface area contributed by atoms with E-state index in [4.69, 9.17) is 5.84 Å². The van der Waals surface area contributed by atoms with Gasteiger partial charge in [-0.25, -0.2) is 0 Å². The molecule has 3 nitrogen and oxygen atoms in total. The van der Waals surface area contributed by atoms with E-state index < -0.39 is 0 Å². The Bertz CT molecular complexity index is 534. The molecular formula is C17H23N3. The minimum absolute atomic E-state index is 0.125. The highest BCUT2D eigenvalue weighted by molar-refractivity contribution is 5.30. The molecule has 0 radical (unpaired) electrons. The highest BCUT2D eigenvalue weighted by Crippen LogP contribution is 2.21. The van der Waals surface area contributed by atoms with Gasteiger partial charge in [-0.05, 0) is 47.6 Å². The van der Waals surface area contributed by atoms with Gasteiger partial charge in [0.05, 0.1) is 6.04 Å². The van der Waals surface area contributed by atoms with Crippen molar-refractivity contribution in [1.82, 2.24) is 10.4 Å². The fourth-order valence-corrected chi connectivity index (χ4v) is 2.48. The summed E-state index contributed by atoms with van der Waals surface area (Å²) < 4.78 is 0. The first-order valence-corrected chi connectivity index (χ1v) is 7.25. The molecule has 0 aliphatic heterocycles. The van der Waals surface area contributed by atoms with Gasteiger partial charge < -0.3 is 0 Å². The van der Waals surface area contributed by atoms with Gasteiger partial charge in [0.15, 0.2) is 0 Å². The summed E-state index contributed by atoms with van der Waals surface area (Å²) in [6, 6.07) is 10.9. The number of benzene rings is 1. The first-order chi connectivity index (χ1) is 9.78. The zero-order valence-corrected chi connectivity index (χ0v) is 12.3. The van der Waals surface area contributed by atoms with E-state index in [1.807, 2.05) is 12.4 Å². The standard InChI is InChI=1S/C17H23N3/c1-3-13-5-7-14(8-6-13)11-17(20-18)16-9-10-19-12-15(16)4-2/h5-10,12,17,20H,3-4,11,18H2,1-2H3. The van der Waals surface area contributed by atoms with E-state index in [2.05, 4.69) is 54.6 Å². The van der Waals surface area contributed by atoms with Crippen molar-refractivity contribution < 1.29 is 0 Å². The van der Waals surface area contributed by atoms with Crippen molar-refractivity contribution in [2.24, 2.45) is 5.84 Å². The molecule has 0 aliphatic carbocycles. The predicted molar refractivity (Wildman–Crippen MR) is 83.2 cm³/mol. The molecular weight excluding hydrogens is 246 g/mol. The Morgan fingerprint density at radius 2 is 1.75 bits per heavy atom.